The zero-order chi connectivity index (χ0) is 15.4. The van der Waals surface area contributed by atoms with Crippen molar-refractivity contribution < 1.29 is 9.47 Å². The van der Waals surface area contributed by atoms with Gasteiger partial charge in [-0.2, -0.15) is 0 Å². The first kappa shape index (κ1) is 14.6. The molecule has 0 amide bonds. The summed E-state index contributed by atoms with van der Waals surface area (Å²) in [5.74, 6) is 1.81. The van der Waals surface area contributed by atoms with Crippen LogP contribution in [0, 0.1) is 6.92 Å². The number of aromatic nitrogens is 2. The predicted molar refractivity (Wildman–Crippen MR) is 87.1 cm³/mol. The first-order valence-corrected chi connectivity index (χ1v) is 7.41. The molecule has 0 aliphatic carbocycles. The van der Waals surface area contributed by atoms with Gasteiger partial charge in [-0.15, -0.1) is 0 Å². The fraction of sp³-hybridized carbons (Fsp3) is 0.278. The summed E-state index contributed by atoms with van der Waals surface area (Å²) in [5, 5.41) is 0. The van der Waals surface area contributed by atoms with E-state index in [0.717, 1.165) is 34.7 Å². The number of methoxy groups -OCH3 is 1. The van der Waals surface area contributed by atoms with Crippen molar-refractivity contribution in [3.63, 3.8) is 0 Å². The van der Waals surface area contributed by atoms with Gasteiger partial charge >= 0.3 is 0 Å². The summed E-state index contributed by atoms with van der Waals surface area (Å²) in [4.78, 5) is 4.69. The zero-order valence-corrected chi connectivity index (χ0v) is 13.0. The quantitative estimate of drug-likeness (QED) is 0.697. The van der Waals surface area contributed by atoms with Gasteiger partial charge in [0.1, 0.15) is 18.2 Å². The Bertz CT molecular complexity index is 765. The Kier molecular flexibility index (Phi) is 4.39. The van der Waals surface area contributed by atoms with Crippen molar-refractivity contribution in [1.82, 2.24) is 9.55 Å². The third kappa shape index (κ3) is 2.97. The number of imidazole rings is 1. The van der Waals surface area contributed by atoms with Crippen molar-refractivity contribution >= 4 is 11.0 Å². The highest BCUT2D eigenvalue weighted by Gasteiger charge is 2.11. The molecule has 0 fully saturated rings. The van der Waals surface area contributed by atoms with Gasteiger partial charge in [0.15, 0.2) is 0 Å². The van der Waals surface area contributed by atoms with E-state index in [1.165, 1.54) is 0 Å². The molecular formula is C18H20N2O2. The summed E-state index contributed by atoms with van der Waals surface area (Å²) in [6.45, 7) is 3.91. The average molecular weight is 296 g/mol. The Hall–Kier alpha value is -2.33. The molecule has 0 aliphatic rings. The Labute approximate surface area is 130 Å². The molecule has 4 heteroatoms. The van der Waals surface area contributed by atoms with Gasteiger partial charge in [0.25, 0.3) is 0 Å². The number of rotatable bonds is 6. The van der Waals surface area contributed by atoms with E-state index in [1.54, 1.807) is 7.11 Å². The standard InChI is InChI=1S/C18H20N2O2/c1-14-7-3-6-10-17(14)22-13-18-19-15-8-4-5-9-16(15)20(18)11-12-21-2/h3-10H,11-13H2,1-2H3. The maximum atomic E-state index is 5.95. The molecule has 4 nitrogen and oxygen atoms in total. The molecule has 2 aromatic carbocycles. The molecule has 0 bridgehead atoms. The maximum Gasteiger partial charge on any atom is 0.148 e. The van der Waals surface area contributed by atoms with Crippen molar-refractivity contribution in [2.75, 3.05) is 13.7 Å². The van der Waals surface area contributed by atoms with Gasteiger partial charge in [0.05, 0.1) is 17.6 Å². The number of hydrogen-bond donors (Lipinski definition) is 0. The van der Waals surface area contributed by atoms with Crippen molar-refractivity contribution in [3.8, 4) is 5.75 Å². The molecule has 114 valence electrons. The topological polar surface area (TPSA) is 36.3 Å². The number of nitrogens with zero attached hydrogens (tertiary/aromatic N) is 2. The van der Waals surface area contributed by atoms with Gasteiger partial charge in [0, 0.05) is 13.7 Å². The molecule has 22 heavy (non-hydrogen) atoms. The minimum atomic E-state index is 0.448. The first-order chi connectivity index (χ1) is 10.8. The minimum Gasteiger partial charge on any atom is -0.485 e. The highest BCUT2D eigenvalue weighted by atomic mass is 16.5. The summed E-state index contributed by atoms with van der Waals surface area (Å²) >= 11 is 0. The van der Waals surface area contributed by atoms with Crippen molar-refractivity contribution in [2.24, 2.45) is 0 Å². The minimum absolute atomic E-state index is 0.448. The van der Waals surface area contributed by atoms with Gasteiger partial charge in [0.2, 0.25) is 0 Å². The lowest BCUT2D eigenvalue weighted by atomic mass is 10.2. The van der Waals surface area contributed by atoms with Gasteiger partial charge < -0.3 is 14.0 Å². The van der Waals surface area contributed by atoms with Crippen LogP contribution in [0.2, 0.25) is 0 Å². The second-order valence-electron chi connectivity index (χ2n) is 5.22. The third-order valence-electron chi connectivity index (χ3n) is 3.70. The molecule has 0 spiro atoms. The van der Waals surface area contributed by atoms with Crippen LogP contribution in [0.3, 0.4) is 0 Å². The number of aryl methyl sites for hydroxylation is 1. The summed E-state index contributed by atoms with van der Waals surface area (Å²) in [5.41, 5.74) is 3.23. The fourth-order valence-corrected chi connectivity index (χ4v) is 2.53. The van der Waals surface area contributed by atoms with E-state index in [4.69, 9.17) is 14.5 Å². The lowest BCUT2D eigenvalue weighted by Gasteiger charge is -2.11. The van der Waals surface area contributed by atoms with Crippen LogP contribution >= 0.6 is 0 Å². The van der Waals surface area contributed by atoms with Gasteiger partial charge in [-0.1, -0.05) is 30.3 Å². The Balaban J connectivity index is 1.87. The van der Waals surface area contributed by atoms with E-state index in [-0.39, 0.29) is 0 Å². The maximum absolute atomic E-state index is 5.95. The van der Waals surface area contributed by atoms with Crippen LogP contribution in [0.25, 0.3) is 11.0 Å². The van der Waals surface area contributed by atoms with Crippen LogP contribution in [0.15, 0.2) is 48.5 Å². The molecule has 3 rings (SSSR count). The fourth-order valence-electron chi connectivity index (χ4n) is 2.53. The summed E-state index contributed by atoms with van der Waals surface area (Å²) in [7, 11) is 1.71. The number of para-hydroxylation sites is 3. The van der Waals surface area contributed by atoms with Crippen LogP contribution in [0.4, 0.5) is 0 Å². The number of fused-ring (bicyclic) bond motifs is 1. The molecule has 3 aromatic rings. The lowest BCUT2D eigenvalue weighted by Crippen LogP contribution is -2.10. The number of ether oxygens (including phenoxy) is 2. The predicted octanol–water partition coefficient (Wildman–Crippen LogP) is 3.57. The second kappa shape index (κ2) is 6.62. The first-order valence-electron chi connectivity index (χ1n) is 7.41. The number of hydrogen-bond acceptors (Lipinski definition) is 3. The van der Waals surface area contributed by atoms with E-state index in [2.05, 4.69) is 10.6 Å². The SMILES string of the molecule is COCCn1c(COc2ccccc2C)nc2ccccc21. The Morgan fingerprint density at radius 2 is 1.82 bits per heavy atom. The van der Waals surface area contributed by atoms with Crippen LogP contribution in [0.5, 0.6) is 5.75 Å². The highest BCUT2D eigenvalue weighted by Crippen LogP contribution is 2.20. The van der Waals surface area contributed by atoms with E-state index in [9.17, 15) is 0 Å². The smallest absolute Gasteiger partial charge is 0.148 e. The molecular weight excluding hydrogens is 276 g/mol. The lowest BCUT2D eigenvalue weighted by molar-refractivity contribution is 0.185. The zero-order valence-electron chi connectivity index (χ0n) is 13.0. The monoisotopic (exact) mass is 296 g/mol. The van der Waals surface area contributed by atoms with E-state index in [1.807, 2.05) is 49.4 Å². The molecule has 0 unspecified atom stereocenters. The van der Waals surface area contributed by atoms with Gasteiger partial charge in [-0.3, -0.25) is 0 Å². The summed E-state index contributed by atoms with van der Waals surface area (Å²) in [6.07, 6.45) is 0. The van der Waals surface area contributed by atoms with Crippen molar-refractivity contribution in [1.29, 1.82) is 0 Å². The molecule has 0 atom stereocenters. The molecule has 1 aromatic heterocycles. The molecule has 0 N–H and O–H groups in total. The van der Waals surface area contributed by atoms with Crippen molar-refractivity contribution in [3.05, 3.63) is 59.9 Å². The third-order valence-corrected chi connectivity index (χ3v) is 3.70. The van der Waals surface area contributed by atoms with Crippen molar-refractivity contribution in [2.45, 2.75) is 20.1 Å². The van der Waals surface area contributed by atoms with Gasteiger partial charge in [-0.05, 0) is 30.7 Å². The molecule has 1 heterocycles. The molecule has 0 saturated carbocycles. The van der Waals surface area contributed by atoms with E-state index >= 15 is 0 Å². The van der Waals surface area contributed by atoms with Crippen LogP contribution < -0.4 is 4.74 Å². The Morgan fingerprint density at radius 1 is 1.05 bits per heavy atom. The summed E-state index contributed by atoms with van der Waals surface area (Å²) < 4.78 is 13.3. The normalized spacial score (nSPS) is 11.0. The van der Waals surface area contributed by atoms with Gasteiger partial charge in [-0.25, -0.2) is 4.98 Å². The molecule has 0 radical (unpaired) electrons. The van der Waals surface area contributed by atoms with E-state index < -0.39 is 0 Å². The highest BCUT2D eigenvalue weighted by molar-refractivity contribution is 5.75. The Morgan fingerprint density at radius 3 is 2.64 bits per heavy atom. The second-order valence-corrected chi connectivity index (χ2v) is 5.22. The van der Waals surface area contributed by atoms with Crippen LogP contribution in [0.1, 0.15) is 11.4 Å². The van der Waals surface area contributed by atoms with Crippen LogP contribution in [-0.4, -0.2) is 23.3 Å². The van der Waals surface area contributed by atoms with Crippen LogP contribution in [-0.2, 0) is 17.9 Å². The average Bonchev–Trinajstić information content (AvgIpc) is 2.90. The molecule has 0 aliphatic heterocycles. The summed E-state index contributed by atoms with van der Waals surface area (Å²) in [6, 6.07) is 16.2. The van der Waals surface area contributed by atoms with E-state index in [0.29, 0.717) is 13.2 Å². The molecule has 0 saturated heterocycles. The largest absolute Gasteiger partial charge is 0.485 e. The number of benzene rings is 2.